The first-order valence-corrected chi connectivity index (χ1v) is 6.13. The van der Waals surface area contributed by atoms with Gasteiger partial charge >= 0.3 is 0 Å². The molecule has 2 heterocycles. The van der Waals surface area contributed by atoms with E-state index in [1.165, 1.54) is 4.88 Å². The zero-order valence-corrected chi connectivity index (χ0v) is 9.74. The highest BCUT2D eigenvalue weighted by molar-refractivity contribution is 7.09. The molecular formula is C10H17N3OS. The number of hydrogen-bond donors (Lipinski definition) is 1. The SMILES string of the molecule is CC(c1cncs1)N1CCOC(CN)C1. The monoisotopic (exact) mass is 227 g/mol. The molecule has 1 aromatic heterocycles. The molecule has 2 unspecified atom stereocenters. The molecule has 1 fully saturated rings. The van der Waals surface area contributed by atoms with E-state index in [-0.39, 0.29) is 6.10 Å². The molecule has 4 nitrogen and oxygen atoms in total. The van der Waals surface area contributed by atoms with Gasteiger partial charge in [0.15, 0.2) is 0 Å². The van der Waals surface area contributed by atoms with E-state index < -0.39 is 0 Å². The summed E-state index contributed by atoms with van der Waals surface area (Å²) in [6, 6.07) is 0.426. The van der Waals surface area contributed by atoms with Crippen molar-refractivity contribution in [2.45, 2.75) is 19.1 Å². The lowest BCUT2D eigenvalue weighted by Crippen LogP contribution is -2.46. The number of nitrogens with two attached hydrogens (primary N) is 1. The van der Waals surface area contributed by atoms with E-state index in [4.69, 9.17) is 10.5 Å². The van der Waals surface area contributed by atoms with Crippen LogP contribution < -0.4 is 5.73 Å². The van der Waals surface area contributed by atoms with Gasteiger partial charge in [0.2, 0.25) is 0 Å². The fourth-order valence-electron chi connectivity index (χ4n) is 1.85. The standard InChI is InChI=1S/C10H17N3OS/c1-8(10-5-12-7-15-10)13-2-3-14-9(4-11)6-13/h5,7-9H,2-4,6,11H2,1H3. The molecule has 1 saturated heterocycles. The van der Waals surface area contributed by atoms with Gasteiger partial charge in [-0.25, -0.2) is 0 Å². The van der Waals surface area contributed by atoms with Crippen molar-refractivity contribution in [3.63, 3.8) is 0 Å². The molecule has 1 aliphatic heterocycles. The molecule has 0 saturated carbocycles. The Hall–Kier alpha value is -0.490. The van der Waals surface area contributed by atoms with Crippen molar-refractivity contribution < 1.29 is 4.74 Å². The Balaban J connectivity index is 1.98. The Kier molecular flexibility index (Phi) is 3.69. The average Bonchev–Trinajstić information content (AvgIpc) is 2.81. The summed E-state index contributed by atoms with van der Waals surface area (Å²) < 4.78 is 5.55. The number of aromatic nitrogens is 1. The number of rotatable bonds is 3. The van der Waals surface area contributed by atoms with Gasteiger partial charge in [0.1, 0.15) is 0 Å². The maximum absolute atomic E-state index is 5.62. The molecule has 2 atom stereocenters. The first kappa shape index (κ1) is 11.0. The van der Waals surface area contributed by atoms with Crippen LogP contribution in [-0.4, -0.2) is 42.2 Å². The highest BCUT2D eigenvalue weighted by Crippen LogP contribution is 2.24. The van der Waals surface area contributed by atoms with Gasteiger partial charge < -0.3 is 10.5 Å². The van der Waals surface area contributed by atoms with E-state index in [9.17, 15) is 0 Å². The van der Waals surface area contributed by atoms with Gasteiger partial charge in [-0.15, -0.1) is 11.3 Å². The molecule has 84 valence electrons. The van der Waals surface area contributed by atoms with E-state index in [0.717, 1.165) is 19.7 Å². The van der Waals surface area contributed by atoms with Crippen molar-refractivity contribution in [1.82, 2.24) is 9.88 Å². The van der Waals surface area contributed by atoms with Crippen molar-refractivity contribution >= 4 is 11.3 Å². The van der Waals surface area contributed by atoms with E-state index in [1.807, 2.05) is 11.7 Å². The highest BCUT2D eigenvalue weighted by Gasteiger charge is 2.24. The second-order valence-corrected chi connectivity index (χ2v) is 4.72. The Bertz CT molecular complexity index is 291. The van der Waals surface area contributed by atoms with Crippen LogP contribution in [0.25, 0.3) is 0 Å². The summed E-state index contributed by atoms with van der Waals surface area (Å²) in [7, 11) is 0. The molecular weight excluding hydrogens is 210 g/mol. The Morgan fingerprint density at radius 3 is 3.33 bits per heavy atom. The Labute approximate surface area is 94.1 Å². The smallest absolute Gasteiger partial charge is 0.0824 e. The van der Waals surface area contributed by atoms with Crippen molar-refractivity contribution in [1.29, 1.82) is 0 Å². The summed E-state index contributed by atoms with van der Waals surface area (Å²) >= 11 is 1.71. The minimum absolute atomic E-state index is 0.189. The number of nitrogens with zero attached hydrogens (tertiary/aromatic N) is 2. The maximum Gasteiger partial charge on any atom is 0.0824 e. The maximum atomic E-state index is 5.62. The summed E-state index contributed by atoms with van der Waals surface area (Å²) in [5.74, 6) is 0. The summed E-state index contributed by atoms with van der Waals surface area (Å²) in [5, 5.41) is 0. The van der Waals surface area contributed by atoms with Crippen LogP contribution in [-0.2, 0) is 4.74 Å². The molecule has 5 heteroatoms. The predicted octanol–water partition coefficient (Wildman–Crippen LogP) is 0.864. The fraction of sp³-hybridized carbons (Fsp3) is 0.700. The molecule has 0 radical (unpaired) electrons. The summed E-state index contributed by atoms with van der Waals surface area (Å²) in [5.41, 5.74) is 7.50. The number of morpholine rings is 1. The third kappa shape index (κ3) is 2.55. The number of hydrogen-bond acceptors (Lipinski definition) is 5. The van der Waals surface area contributed by atoms with Crippen molar-refractivity contribution in [2.24, 2.45) is 5.73 Å². The zero-order chi connectivity index (χ0) is 10.7. The molecule has 0 spiro atoms. The summed E-state index contributed by atoms with van der Waals surface area (Å²) in [6.07, 6.45) is 2.14. The molecule has 0 aliphatic carbocycles. The largest absolute Gasteiger partial charge is 0.374 e. The van der Waals surface area contributed by atoms with Gasteiger partial charge in [-0.1, -0.05) is 0 Å². The number of ether oxygens (including phenoxy) is 1. The van der Waals surface area contributed by atoms with Crippen LogP contribution >= 0.6 is 11.3 Å². The van der Waals surface area contributed by atoms with Crippen LogP contribution in [0, 0.1) is 0 Å². The van der Waals surface area contributed by atoms with E-state index in [1.54, 1.807) is 11.3 Å². The van der Waals surface area contributed by atoms with Gasteiger partial charge in [0.25, 0.3) is 0 Å². The summed E-state index contributed by atoms with van der Waals surface area (Å²) in [6.45, 7) is 5.51. The second-order valence-electron chi connectivity index (χ2n) is 3.80. The van der Waals surface area contributed by atoms with Crippen molar-refractivity contribution in [3.05, 3.63) is 16.6 Å². The number of thiazole rings is 1. The van der Waals surface area contributed by atoms with Crippen LogP contribution in [0.1, 0.15) is 17.8 Å². The predicted molar refractivity (Wildman–Crippen MR) is 60.9 cm³/mol. The van der Waals surface area contributed by atoms with E-state index in [0.29, 0.717) is 12.6 Å². The molecule has 2 N–H and O–H groups in total. The fourth-order valence-corrected chi connectivity index (χ4v) is 2.56. The highest BCUT2D eigenvalue weighted by atomic mass is 32.1. The van der Waals surface area contributed by atoms with Crippen LogP contribution in [0.4, 0.5) is 0 Å². The Morgan fingerprint density at radius 2 is 2.67 bits per heavy atom. The minimum atomic E-state index is 0.189. The van der Waals surface area contributed by atoms with Crippen molar-refractivity contribution in [2.75, 3.05) is 26.2 Å². The van der Waals surface area contributed by atoms with Crippen LogP contribution in [0.5, 0.6) is 0 Å². The van der Waals surface area contributed by atoms with Gasteiger partial charge in [-0.05, 0) is 6.92 Å². The quantitative estimate of drug-likeness (QED) is 0.832. The molecule has 15 heavy (non-hydrogen) atoms. The van der Waals surface area contributed by atoms with E-state index in [2.05, 4.69) is 16.8 Å². The van der Waals surface area contributed by atoms with Crippen LogP contribution in [0.3, 0.4) is 0 Å². The molecule has 2 rings (SSSR count). The lowest BCUT2D eigenvalue weighted by atomic mass is 10.2. The van der Waals surface area contributed by atoms with Gasteiger partial charge in [-0.3, -0.25) is 9.88 Å². The van der Waals surface area contributed by atoms with Gasteiger partial charge in [0, 0.05) is 36.8 Å². The lowest BCUT2D eigenvalue weighted by molar-refractivity contribution is -0.0360. The van der Waals surface area contributed by atoms with E-state index >= 15 is 0 Å². The molecule has 1 aromatic rings. The lowest BCUT2D eigenvalue weighted by Gasteiger charge is -2.35. The second kappa shape index (κ2) is 5.03. The third-order valence-corrected chi connectivity index (χ3v) is 3.79. The van der Waals surface area contributed by atoms with Crippen molar-refractivity contribution in [3.8, 4) is 0 Å². The minimum Gasteiger partial charge on any atom is -0.374 e. The molecule has 1 aliphatic rings. The molecule has 0 amide bonds. The first-order valence-electron chi connectivity index (χ1n) is 5.25. The Morgan fingerprint density at radius 1 is 1.80 bits per heavy atom. The normalized spacial score (nSPS) is 25.3. The third-order valence-electron chi connectivity index (χ3n) is 2.84. The van der Waals surface area contributed by atoms with Crippen LogP contribution in [0.15, 0.2) is 11.7 Å². The topological polar surface area (TPSA) is 51.4 Å². The molecule has 0 bridgehead atoms. The average molecular weight is 227 g/mol. The molecule has 0 aromatic carbocycles. The van der Waals surface area contributed by atoms with Gasteiger partial charge in [0.05, 0.1) is 18.2 Å². The zero-order valence-electron chi connectivity index (χ0n) is 8.93. The van der Waals surface area contributed by atoms with Crippen LogP contribution in [0.2, 0.25) is 0 Å². The first-order chi connectivity index (χ1) is 7.31. The summed E-state index contributed by atoms with van der Waals surface area (Å²) in [4.78, 5) is 7.84. The van der Waals surface area contributed by atoms with Gasteiger partial charge in [-0.2, -0.15) is 0 Å².